The van der Waals surface area contributed by atoms with Gasteiger partial charge in [0, 0.05) is 6.54 Å². The molecule has 0 aromatic rings. The van der Waals surface area contributed by atoms with Gasteiger partial charge >= 0.3 is 5.97 Å². The van der Waals surface area contributed by atoms with Gasteiger partial charge in [0.15, 0.2) is 0 Å². The van der Waals surface area contributed by atoms with Crippen molar-refractivity contribution < 1.29 is 14.7 Å². The monoisotopic (exact) mass is 282 g/mol. The summed E-state index contributed by atoms with van der Waals surface area (Å²) in [5.41, 5.74) is -1.29. The van der Waals surface area contributed by atoms with E-state index in [1.165, 1.54) is 0 Å². The van der Waals surface area contributed by atoms with E-state index in [0.717, 1.165) is 45.1 Å². The molecule has 0 aromatic carbocycles. The fraction of sp³-hybridized carbons (Fsp3) is 0.867. The Bertz CT molecular complexity index is 369. The summed E-state index contributed by atoms with van der Waals surface area (Å²) in [7, 11) is 0. The van der Waals surface area contributed by atoms with Gasteiger partial charge in [-0.1, -0.05) is 19.3 Å². The third-order valence-corrected chi connectivity index (χ3v) is 4.97. The first-order valence-electron chi connectivity index (χ1n) is 7.75. The van der Waals surface area contributed by atoms with E-state index in [4.69, 9.17) is 0 Å². The summed E-state index contributed by atoms with van der Waals surface area (Å²) in [4.78, 5) is 23.9. The minimum absolute atomic E-state index is 0.0524. The number of piperidine rings is 1. The van der Waals surface area contributed by atoms with Crippen molar-refractivity contribution in [2.24, 2.45) is 5.41 Å². The molecule has 1 aliphatic carbocycles. The van der Waals surface area contributed by atoms with Crippen LogP contribution in [0.15, 0.2) is 0 Å². The van der Waals surface area contributed by atoms with E-state index < -0.39 is 16.9 Å². The van der Waals surface area contributed by atoms with E-state index in [0.29, 0.717) is 12.8 Å². The summed E-state index contributed by atoms with van der Waals surface area (Å²) in [6.45, 7) is 3.03. The van der Waals surface area contributed by atoms with Gasteiger partial charge in [-0.2, -0.15) is 0 Å². The van der Waals surface area contributed by atoms with E-state index in [1.54, 1.807) is 0 Å². The van der Waals surface area contributed by atoms with Crippen LogP contribution < -0.4 is 10.6 Å². The largest absolute Gasteiger partial charge is 0.481 e. The van der Waals surface area contributed by atoms with Crippen LogP contribution in [0, 0.1) is 5.41 Å². The van der Waals surface area contributed by atoms with Gasteiger partial charge in [0.25, 0.3) is 0 Å². The fourth-order valence-corrected chi connectivity index (χ4v) is 3.39. The van der Waals surface area contributed by atoms with Crippen LogP contribution in [-0.2, 0) is 9.59 Å². The summed E-state index contributed by atoms with van der Waals surface area (Å²) in [6, 6.07) is 0. The smallest absolute Gasteiger partial charge is 0.311 e. The first-order valence-corrected chi connectivity index (χ1v) is 7.75. The number of aliphatic carboxylic acids is 1. The van der Waals surface area contributed by atoms with E-state index >= 15 is 0 Å². The molecule has 0 aromatic heterocycles. The van der Waals surface area contributed by atoms with Crippen LogP contribution in [0.2, 0.25) is 0 Å². The second kappa shape index (κ2) is 6.12. The van der Waals surface area contributed by atoms with Crippen LogP contribution in [0.1, 0.15) is 58.3 Å². The van der Waals surface area contributed by atoms with Crippen molar-refractivity contribution in [1.82, 2.24) is 10.6 Å². The minimum atomic E-state index is -0.765. The van der Waals surface area contributed by atoms with E-state index in [-0.39, 0.29) is 12.5 Å². The van der Waals surface area contributed by atoms with Gasteiger partial charge in [0.05, 0.1) is 11.0 Å². The Morgan fingerprint density at radius 2 is 1.75 bits per heavy atom. The van der Waals surface area contributed by atoms with Crippen molar-refractivity contribution in [3.05, 3.63) is 0 Å². The summed E-state index contributed by atoms with van der Waals surface area (Å²) < 4.78 is 0. The van der Waals surface area contributed by atoms with Crippen LogP contribution in [0.25, 0.3) is 0 Å². The number of carbonyl (C=O) groups is 2. The van der Waals surface area contributed by atoms with Crippen molar-refractivity contribution in [2.75, 3.05) is 13.1 Å². The summed E-state index contributed by atoms with van der Waals surface area (Å²) >= 11 is 0. The van der Waals surface area contributed by atoms with Crippen LogP contribution in [0.4, 0.5) is 0 Å². The highest BCUT2D eigenvalue weighted by Gasteiger charge is 2.41. The Balaban J connectivity index is 1.95. The number of carboxylic acids is 1. The molecular weight excluding hydrogens is 256 g/mol. The third kappa shape index (κ3) is 3.14. The Morgan fingerprint density at radius 3 is 2.30 bits per heavy atom. The summed E-state index contributed by atoms with van der Waals surface area (Å²) in [6.07, 6.45) is 7.29. The maximum Gasteiger partial charge on any atom is 0.311 e. The second-order valence-corrected chi connectivity index (χ2v) is 6.54. The molecule has 1 saturated heterocycles. The molecule has 5 nitrogen and oxygen atoms in total. The van der Waals surface area contributed by atoms with Crippen molar-refractivity contribution in [3.8, 4) is 0 Å². The minimum Gasteiger partial charge on any atom is -0.481 e. The normalized spacial score (nSPS) is 29.6. The zero-order chi connectivity index (χ0) is 14.6. The number of nitrogens with one attached hydrogen (secondary N) is 2. The van der Waals surface area contributed by atoms with Crippen LogP contribution in [0.5, 0.6) is 0 Å². The zero-order valence-electron chi connectivity index (χ0n) is 12.3. The quantitative estimate of drug-likeness (QED) is 0.733. The van der Waals surface area contributed by atoms with E-state index in [1.807, 2.05) is 6.92 Å². The number of rotatable bonds is 4. The highest BCUT2D eigenvalue weighted by Crippen LogP contribution is 2.36. The van der Waals surface area contributed by atoms with Crippen LogP contribution in [-0.4, -0.2) is 35.6 Å². The van der Waals surface area contributed by atoms with E-state index in [2.05, 4.69) is 10.6 Å². The van der Waals surface area contributed by atoms with Gasteiger partial charge in [0.2, 0.25) is 5.91 Å². The lowest BCUT2D eigenvalue weighted by Gasteiger charge is -2.37. The average molecular weight is 282 g/mol. The predicted molar refractivity (Wildman–Crippen MR) is 76.4 cm³/mol. The van der Waals surface area contributed by atoms with Crippen molar-refractivity contribution >= 4 is 11.9 Å². The molecule has 1 amide bonds. The van der Waals surface area contributed by atoms with Gasteiger partial charge in [-0.3, -0.25) is 9.59 Å². The molecule has 20 heavy (non-hydrogen) atoms. The summed E-state index contributed by atoms with van der Waals surface area (Å²) in [5, 5.41) is 15.7. The number of carbonyl (C=O) groups excluding carboxylic acids is 1. The molecule has 3 N–H and O–H groups in total. The zero-order valence-corrected chi connectivity index (χ0v) is 12.3. The first kappa shape index (κ1) is 15.3. The van der Waals surface area contributed by atoms with Gasteiger partial charge in [0.1, 0.15) is 0 Å². The summed E-state index contributed by atoms with van der Waals surface area (Å²) in [5.74, 6) is -0.817. The van der Waals surface area contributed by atoms with Gasteiger partial charge in [-0.25, -0.2) is 0 Å². The molecule has 1 unspecified atom stereocenters. The average Bonchev–Trinajstić information content (AvgIpc) is 2.46. The number of amides is 1. The molecule has 1 saturated carbocycles. The fourth-order valence-electron chi connectivity index (χ4n) is 3.39. The first-order chi connectivity index (χ1) is 9.49. The third-order valence-electron chi connectivity index (χ3n) is 4.97. The molecule has 1 heterocycles. The van der Waals surface area contributed by atoms with E-state index in [9.17, 15) is 14.7 Å². The van der Waals surface area contributed by atoms with Gasteiger partial charge < -0.3 is 15.7 Å². The molecule has 114 valence electrons. The molecule has 0 bridgehead atoms. The van der Waals surface area contributed by atoms with Crippen molar-refractivity contribution in [2.45, 2.75) is 63.8 Å². The Labute approximate surface area is 120 Å². The molecule has 0 radical (unpaired) electrons. The molecule has 1 aliphatic heterocycles. The van der Waals surface area contributed by atoms with Gasteiger partial charge in [-0.05, 0) is 45.6 Å². The Hall–Kier alpha value is -1.10. The molecule has 2 aliphatic rings. The second-order valence-electron chi connectivity index (χ2n) is 6.54. The number of hydrogen-bond donors (Lipinski definition) is 3. The lowest BCUT2D eigenvalue weighted by atomic mass is 9.74. The van der Waals surface area contributed by atoms with Crippen LogP contribution >= 0.6 is 0 Å². The number of carboxylic acid groups (broad SMARTS) is 1. The topological polar surface area (TPSA) is 78.4 Å². The highest BCUT2D eigenvalue weighted by atomic mass is 16.4. The SMILES string of the molecule is CC1(C(=O)NCC2(C(=O)O)CCCCC2)CCCCN1. The molecule has 0 spiro atoms. The molecule has 2 fully saturated rings. The van der Waals surface area contributed by atoms with Crippen molar-refractivity contribution in [1.29, 1.82) is 0 Å². The maximum absolute atomic E-state index is 12.4. The molecule has 1 atom stereocenters. The Morgan fingerprint density at radius 1 is 1.10 bits per heavy atom. The molecular formula is C15H26N2O3. The predicted octanol–water partition coefficient (Wildman–Crippen LogP) is 1.67. The standard InChI is InChI=1S/C15H26N2O3/c1-14(7-5-6-10-17-14)12(18)16-11-15(13(19)20)8-3-2-4-9-15/h17H,2-11H2,1H3,(H,16,18)(H,19,20). The maximum atomic E-state index is 12.4. The van der Waals surface area contributed by atoms with Crippen molar-refractivity contribution in [3.63, 3.8) is 0 Å². The van der Waals surface area contributed by atoms with Gasteiger partial charge in [-0.15, -0.1) is 0 Å². The molecule has 5 heteroatoms. The molecule has 2 rings (SSSR count). The lowest BCUT2D eigenvalue weighted by molar-refractivity contribution is -0.151. The highest BCUT2D eigenvalue weighted by molar-refractivity contribution is 5.86. The van der Waals surface area contributed by atoms with Crippen LogP contribution in [0.3, 0.4) is 0 Å². The Kier molecular flexibility index (Phi) is 4.68. The number of hydrogen-bond acceptors (Lipinski definition) is 3. The lowest BCUT2D eigenvalue weighted by Crippen LogP contribution is -2.58.